The minimum absolute atomic E-state index is 0.208. The van der Waals surface area contributed by atoms with E-state index in [1.165, 1.54) is 15.9 Å². The second-order valence-corrected chi connectivity index (χ2v) is 8.04. The Morgan fingerprint density at radius 2 is 1.86 bits per heavy atom. The molecule has 0 bridgehead atoms. The van der Waals surface area contributed by atoms with Gasteiger partial charge in [0.05, 0.1) is 19.6 Å². The molecule has 2 heterocycles. The summed E-state index contributed by atoms with van der Waals surface area (Å²) in [7, 11) is 3.20. The quantitative estimate of drug-likeness (QED) is 0.681. The summed E-state index contributed by atoms with van der Waals surface area (Å²) in [5.41, 5.74) is 1.23. The van der Waals surface area contributed by atoms with E-state index in [1.807, 2.05) is 51.1 Å². The van der Waals surface area contributed by atoms with Crippen LogP contribution < -0.4 is 20.7 Å². The fourth-order valence-corrected chi connectivity index (χ4v) is 4.18. The van der Waals surface area contributed by atoms with Crippen molar-refractivity contribution in [3.63, 3.8) is 0 Å². The van der Waals surface area contributed by atoms with Gasteiger partial charge in [-0.2, -0.15) is 0 Å². The van der Waals surface area contributed by atoms with Gasteiger partial charge in [-0.25, -0.2) is 4.79 Å². The van der Waals surface area contributed by atoms with Crippen molar-refractivity contribution in [3.8, 4) is 11.5 Å². The molecule has 0 unspecified atom stereocenters. The number of benzene rings is 1. The lowest BCUT2D eigenvalue weighted by atomic mass is 10.1. The summed E-state index contributed by atoms with van der Waals surface area (Å²) < 4.78 is 11.9. The summed E-state index contributed by atoms with van der Waals surface area (Å²) in [5, 5.41) is 0.581. The first kappa shape index (κ1) is 19.9. The number of methoxy groups -OCH3 is 2. The van der Waals surface area contributed by atoms with Crippen molar-refractivity contribution in [1.82, 2.24) is 9.55 Å². The number of hydrogen-bond donors (Lipinski definition) is 1. The van der Waals surface area contributed by atoms with Gasteiger partial charge >= 0.3 is 5.69 Å². The highest BCUT2D eigenvalue weighted by atomic mass is 32.1. The molecular formula is C21H24N2O4S. The van der Waals surface area contributed by atoms with Crippen LogP contribution in [-0.2, 0) is 6.54 Å². The van der Waals surface area contributed by atoms with E-state index in [9.17, 15) is 9.59 Å². The van der Waals surface area contributed by atoms with Gasteiger partial charge in [-0.05, 0) is 42.2 Å². The molecule has 2 aromatic heterocycles. The van der Waals surface area contributed by atoms with Crippen molar-refractivity contribution >= 4 is 33.7 Å². The van der Waals surface area contributed by atoms with Crippen LogP contribution in [0, 0.1) is 12.8 Å². The van der Waals surface area contributed by atoms with Crippen molar-refractivity contribution in [1.29, 1.82) is 0 Å². The molecule has 1 N–H and O–H groups in total. The normalized spacial score (nSPS) is 11.6. The predicted molar refractivity (Wildman–Crippen MR) is 115 cm³/mol. The largest absolute Gasteiger partial charge is 0.493 e. The Bertz CT molecular complexity index is 1150. The fourth-order valence-electron chi connectivity index (χ4n) is 3.09. The van der Waals surface area contributed by atoms with Crippen LogP contribution in [-0.4, -0.2) is 23.8 Å². The summed E-state index contributed by atoms with van der Waals surface area (Å²) in [6.45, 7) is 6.27. The maximum Gasteiger partial charge on any atom is 0.329 e. The molecule has 3 aromatic rings. The zero-order valence-corrected chi connectivity index (χ0v) is 17.5. The molecule has 0 fully saturated rings. The molecule has 0 aliphatic rings. The Labute approximate surface area is 167 Å². The van der Waals surface area contributed by atoms with E-state index in [2.05, 4.69) is 4.98 Å². The van der Waals surface area contributed by atoms with Gasteiger partial charge in [0.1, 0.15) is 4.83 Å². The van der Waals surface area contributed by atoms with Gasteiger partial charge in [0, 0.05) is 11.4 Å². The molecule has 0 radical (unpaired) electrons. The zero-order chi connectivity index (χ0) is 20.4. The number of thiophene rings is 1. The maximum atomic E-state index is 12.8. The highest BCUT2D eigenvalue weighted by Gasteiger charge is 2.15. The van der Waals surface area contributed by atoms with Crippen LogP contribution in [0.2, 0.25) is 0 Å². The number of nitrogens with one attached hydrogen (secondary N) is 1. The molecule has 148 valence electrons. The summed E-state index contributed by atoms with van der Waals surface area (Å²) in [6.07, 6.45) is 3.90. The average Bonchev–Trinajstić information content (AvgIpc) is 2.98. The summed E-state index contributed by atoms with van der Waals surface area (Å²) in [5.74, 6) is 1.53. The van der Waals surface area contributed by atoms with Crippen LogP contribution in [0.5, 0.6) is 11.5 Å². The molecule has 0 aliphatic carbocycles. The topological polar surface area (TPSA) is 73.3 Å². The van der Waals surface area contributed by atoms with Gasteiger partial charge in [-0.1, -0.05) is 26.0 Å². The van der Waals surface area contributed by atoms with E-state index >= 15 is 0 Å². The molecule has 0 saturated carbocycles. The van der Waals surface area contributed by atoms with Crippen molar-refractivity contribution in [3.05, 3.63) is 55.0 Å². The number of aromatic amines is 1. The molecule has 1 aromatic carbocycles. The van der Waals surface area contributed by atoms with Gasteiger partial charge in [0.2, 0.25) is 0 Å². The van der Waals surface area contributed by atoms with E-state index in [1.54, 1.807) is 14.2 Å². The van der Waals surface area contributed by atoms with Gasteiger partial charge < -0.3 is 9.47 Å². The number of H-pyrrole nitrogens is 1. The minimum atomic E-state index is -0.358. The lowest BCUT2D eigenvalue weighted by molar-refractivity contribution is 0.355. The van der Waals surface area contributed by atoms with Crippen LogP contribution in [0.25, 0.3) is 22.4 Å². The highest BCUT2D eigenvalue weighted by Crippen LogP contribution is 2.30. The molecule has 0 spiro atoms. The van der Waals surface area contributed by atoms with Gasteiger partial charge in [-0.15, -0.1) is 11.3 Å². The molecule has 28 heavy (non-hydrogen) atoms. The number of fused-ring (bicyclic) bond motifs is 1. The highest BCUT2D eigenvalue weighted by molar-refractivity contribution is 7.19. The van der Waals surface area contributed by atoms with E-state index in [0.717, 1.165) is 16.0 Å². The van der Waals surface area contributed by atoms with Crippen molar-refractivity contribution < 1.29 is 9.47 Å². The Morgan fingerprint density at radius 3 is 2.50 bits per heavy atom. The number of ether oxygens (including phenoxy) is 2. The van der Waals surface area contributed by atoms with Crippen molar-refractivity contribution in [2.75, 3.05) is 14.2 Å². The van der Waals surface area contributed by atoms with E-state index < -0.39 is 0 Å². The Morgan fingerprint density at radius 1 is 1.14 bits per heavy atom. The van der Waals surface area contributed by atoms with E-state index in [4.69, 9.17) is 9.47 Å². The second kappa shape index (κ2) is 8.06. The molecule has 6 nitrogen and oxygen atoms in total. The first-order chi connectivity index (χ1) is 13.3. The van der Waals surface area contributed by atoms with Crippen LogP contribution >= 0.6 is 11.3 Å². The molecule has 0 saturated heterocycles. The summed E-state index contributed by atoms with van der Waals surface area (Å²) >= 11 is 1.41. The Hall–Kier alpha value is -2.80. The third kappa shape index (κ3) is 3.75. The number of aromatic nitrogens is 2. The second-order valence-electron chi connectivity index (χ2n) is 6.98. The number of rotatable bonds is 6. The van der Waals surface area contributed by atoms with Crippen molar-refractivity contribution in [2.45, 2.75) is 27.3 Å². The Kier molecular flexibility index (Phi) is 5.74. The smallest absolute Gasteiger partial charge is 0.329 e. The monoisotopic (exact) mass is 400 g/mol. The summed E-state index contributed by atoms with van der Waals surface area (Å²) in [4.78, 5) is 29.5. The molecular weight excluding hydrogens is 376 g/mol. The first-order valence-electron chi connectivity index (χ1n) is 9.02. The Balaban J connectivity index is 2.04. The zero-order valence-electron chi connectivity index (χ0n) is 16.7. The number of nitrogens with zero attached hydrogens (tertiary/aromatic N) is 1. The molecule has 0 amide bonds. The van der Waals surface area contributed by atoms with E-state index in [-0.39, 0.29) is 17.2 Å². The van der Waals surface area contributed by atoms with Crippen LogP contribution in [0.1, 0.15) is 29.9 Å². The van der Waals surface area contributed by atoms with Crippen LogP contribution in [0.3, 0.4) is 0 Å². The van der Waals surface area contributed by atoms with Crippen LogP contribution in [0.4, 0.5) is 0 Å². The van der Waals surface area contributed by atoms with Crippen LogP contribution in [0.15, 0.2) is 27.8 Å². The first-order valence-corrected chi connectivity index (χ1v) is 9.83. The van der Waals surface area contributed by atoms with Gasteiger partial charge in [-0.3, -0.25) is 14.3 Å². The standard InChI is InChI=1S/C21H24N2O4S/c1-12(2)11-23-20(24)18-13(3)17(28-19(18)22-21(23)25)9-7-14-6-8-15(26-4)16(10-14)27-5/h6-10,12H,11H2,1-5H3,(H,22,25). The number of hydrogen-bond acceptors (Lipinski definition) is 5. The average molecular weight is 401 g/mol. The lowest BCUT2D eigenvalue weighted by Gasteiger charge is -2.07. The number of aryl methyl sites for hydroxylation is 1. The molecule has 7 heteroatoms. The fraction of sp³-hybridized carbons (Fsp3) is 0.333. The van der Waals surface area contributed by atoms with Gasteiger partial charge in [0.15, 0.2) is 11.5 Å². The maximum absolute atomic E-state index is 12.8. The van der Waals surface area contributed by atoms with E-state index in [0.29, 0.717) is 28.3 Å². The third-order valence-corrected chi connectivity index (χ3v) is 5.66. The molecule has 0 aliphatic heterocycles. The minimum Gasteiger partial charge on any atom is -0.493 e. The van der Waals surface area contributed by atoms with Gasteiger partial charge in [0.25, 0.3) is 5.56 Å². The lowest BCUT2D eigenvalue weighted by Crippen LogP contribution is -2.36. The molecule has 0 atom stereocenters. The molecule has 3 rings (SSSR count). The SMILES string of the molecule is COc1ccc(C=Cc2sc3[nH]c(=O)n(CC(C)C)c(=O)c3c2C)cc1OC. The van der Waals surface area contributed by atoms with Crippen molar-refractivity contribution in [2.24, 2.45) is 5.92 Å². The third-order valence-electron chi connectivity index (χ3n) is 4.49. The summed E-state index contributed by atoms with van der Waals surface area (Å²) in [6, 6.07) is 5.66. The predicted octanol–water partition coefficient (Wildman–Crippen LogP) is 3.90.